The predicted molar refractivity (Wildman–Crippen MR) is 149 cm³/mol. The van der Waals surface area contributed by atoms with Gasteiger partial charge in [-0.25, -0.2) is 9.78 Å². The van der Waals surface area contributed by atoms with Gasteiger partial charge < -0.3 is 24.9 Å². The molecular weight excluding hydrogens is 494 g/mol. The number of carbonyl (C=O) groups is 2. The van der Waals surface area contributed by atoms with E-state index in [1.807, 2.05) is 85.8 Å². The van der Waals surface area contributed by atoms with Gasteiger partial charge in [0.15, 0.2) is 11.2 Å². The third kappa shape index (κ3) is 8.41. The lowest BCUT2D eigenvalue weighted by Crippen LogP contribution is -2.42. The largest absolute Gasteiger partial charge is 0.445 e. The van der Waals surface area contributed by atoms with Gasteiger partial charge in [0.05, 0.1) is 6.54 Å². The van der Waals surface area contributed by atoms with Gasteiger partial charge in [-0.05, 0) is 48.4 Å². The van der Waals surface area contributed by atoms with Crippen LogP contribution in [0.1, 0.15) is 43.2 Å². The molecule has 4 rings (SSSR count). The molecule has 204 valence electrons. The van der Waals surface area contributed by atoms with Crippen LogP contribution in [-0.4, -0.2) is 35.2 Å². The van der Waals surface area contributed by atoms with Gasteiger partial charge in [0, 0.05) is 13.0 Å². The normalized spacial score (nSPS) is 13.4. The van der Waals surface area contributed by atoms with Crippen LogP contribution in [0.2, 0.25) is 0 Å². The molecule has 1 aromatic heterocycles. The molecule has 0 aliphatic carbocycles. The molecular formula is C31H35N3O5. The van der Waals surface area contributed by atoms with Crippen molar-refractivity contribution in [3.8, 4) is 0 Å². The molecule has 2 amide bonds. The van der Waals surface area contributed by atoms with E-state index in [4.69, 9.17) is 9.15 Å². The molecule has 3 aromatic carbocycles. The van der Waals surface area contributed by atoms with Crippen LogP contribution in [-0.2, 0) is 28.2 Å². The number of fused-ring (bicyclic) bond motifs is 1. The standard InChI is InChI=1S/C31H35N3O5/c1-23(17-19-32-30(36)38-21-25-12-6-3-7-13-25)20-28(35)33-22-31(37,18-16-24-10-4-2-5-11-24)29-34-26-14-8-9-15-27(26)39-29/h2-15,23,37H,16-22H2,1H3,(H,32,36)(H,33,35). The number of amides is 2. The van der Waals surface area contributed by atoms with E-state index in [2.05, 4.69) is 15.6 Å². The maximum Gasteiger partial charge on any atom is 0.407 e. The Morgan fingerprint density at radius 3 is 2.33 bits per heavy atom. The first kappa shape index (κ1) is 27.9. The summed E-state index contributed by atoms with van der Waals surface area (Å²) in [5, 5.41) is 17.2. The lowest BCUT2D eigenvalue weighted by Gasteiger charge is -2.25. The maximum absolute atomic E-state index is 12.7. The monoisotopic (exact) mass is 529 g/mol. The minimum absolute atomic E-state index is 0.0150. The van der Waals surface area contributed by atoms with Gasteiger partial charge in [-0.1, -0.05) is 79.7 Å². The molecule has 0 spiro atoms. The average Bonchev–Trinajstić information content (AvgIpc) is 3.40. The Labute approximate surface area is 228 Å². The maximum atomic E-state index is 12.7. The van der Waals surface area contributed by atoms with E-state index in [0.29, 0.717) is 36.9 Å². The molecule has 8 heteroatoms. The molecule has 1 heterocycles. The van der Waals surface area contributed by atoms with Crippen molar-refractivity contribution in [1.29, 1.82) is 0 Å². The number of rotatable bonds is 13. The van der Waals surface area contributed by atoms with Crippen LogP contribution < -0.4 is 10.6 Å². The van der Waals surface area contributed by atoms with Crippen LogP contribution in [0, 0.1) is 5.92 Å². The molecule has 0 fully saturated rings. The topological polar surface area (TPSA) is 114 Å². The van der Waals surface area contributed by atoms with E-state index in [0.717, 1.165) is 11.1 Å². The minimum atomic E-state index is -1.47. The molecule has 0 bridgehead atoms. The quantitative estimate of drug-likeness (QED) is 0.222. The van der Waals surface area contributed by atoms with Crippen molar-refractivity contribution < 1.29 is 23.8 Å². The smallest absolute Gasteiger partial charge is 0.407 e. The number of benzene rings is 3. The van der Waals surface area contributed by atoms with Crippen LogP contribution >= 0.6 is 0 Å². The van der Waals surface area contributed by atoms with Crippen LogP contribution in [0.25, 0.3) is 11.1 Å². The number of aryl methyl sites for hydroxylation is 1. The molecule has 4 aromatic rings. The van der Waals surface area contributed by atoms with Crippen LogP contribution in [0.3, 0.4) is 0 Å². The lowest BCUT2D eigenvalue weighted by atomic mass is 9.94. The minimum Gasteiger partial charge on any atom is -0.445 e. The summed E-state index contributed by atoms with van der Waals surface area (Å²) < 4.78 is 11.1. The summed E-state index contributed by atoms with van der Waals surface area (Å²) in [6.45, 7) is 2.52. The summed E-state index contributed by atoms with van der Waals surface area (Å²) in [4.78, 5) is 29.2. The highest BCUT2D eigenvalue weighted by Gasteiger charge is 2.35. The highest BCUT2D eigenvalue weighted by molar-refractivity contribution is 5.76. The number of ether oxygens (including phenoxy) is 1. The number of alkyl carbamates (subject to hydrolysis) is 1. The zero-order valence-corrected chi connectivity index (χ0v) is 22.1. The molecule has 0 saturated carbocycles. The molecule has 0 radical (unpaired) electrons. The zero-order valence-electron chi connectivity index (χ0n) is 22.1. The lowest BCUT2D eigenvalue weighted by molar-refractivity contribution is -0.123. The second-order valence-corrected chi connectivity index (χ2v) is 9.87. The first-order valence-corrected chi connectivity index (χ1v) is 13.2. The molecule has 2 unspecified atom stereocenters. The average molecular weight is 530 g/mol. The molecule has 8 nitrogen and oxygen atoms in total. The highest BCUT2D eigenvalue weighted by Crippen LogP contribution is 2.29. The van der Waals surface area contributed by atoms with Crippen molar-refractivity contribution in [2.75, 3.05) is 13.1 Å². The molecule has 0 saturated heterocycles. The van der Waals surface area contributed by atoms with Crippen LogP contribution in [0.15, 0.2) is 89.3 Å². The van der Waals surface area contributed by atoms with Crippen molar-refractivity contribution in [3.05, 3.63) is 102 Å². The fourth-order valence-corrected chi connectivity index (χ4v) is 4.27. The highest BCUT2D eigenvalue weighted by atomic mass is 16.5. The number of nitrogens with zero attached hydrogens (tertiary/aromatic N) is 1. The van der Waals surface area contributed by atoms with Gasteiger partial charge >= 0.3 is 6.09 Å². The number of oxazole rings is 1. The van der Waals surface area contributed by atoms with Gasteiger partial charge in [-0.15, -0.1) is 0 Å². The summed E-state index contributed by atoms with van der Waals surface area (Å²) in [6.07, 6.45) is 1.29. The molecule has 3 N–H and O–H groups in total. The fourth-order valence-electron chi connectivity index (χ4n) is 4.27. The van der Waals surface area contributed by atoms with Gasteiger partial charge in [-0.3, -0.25) is 4.79 Å². The van der Waals surface area contributed by atoms with E-state index in [1.165, 1.54) is 0 Å². The van der Waals surface area contributed by atoms with Crippen molar-refractivity contribution in [1.82, 2.24) is 15.6 Å². The summed E-state index contributed by atoms with van der Waals surface area (Å²) in [5.74, 6) is 0.00996. The third-order valence-corrected chi connectivity index (χ3v) is 6.59. The van der Waals surface area contributed by atoms with Crippen LogP contribution in [0.5, 0.6) is 0 Å². The first-order valence-electron chi connectivity index (χ1n) is 13.2. The Balaban J connectivity index is 1.26. The molecule has 0 aliphatic rings. The van der Waals surface area contributed by atoms with E-state index in [-0.39, 0.29) is 37.3 Å². The van der Waals surface area contributed by atoms with Crippen molar-refractivity contribution in [3.63, 3.8) is 0 Å². The van der Waals surface area contributed by atoms with Crippen molar-refractivity contribution >= 4 is 23.1 Å². The summed E-state index contributed by atoms with van der Waals surface area (Å²) in [7, 11) is 0. The molecule has 2 atom stereocenters. The number of carbonyl (C=O) groups excluding carboxylic acids is 2. The number of aromatic nitrogens is 1. The van der Waals surface area contributed by atoms with Gasteiger partial charge in [-0.2, -0.15) is 0 Å². The Hall–Kier alpha value is -4.17. The van der Waals surface area contributed by atoms with Gasteiger partial charge in [0.2, 0.25) is 11.8 Å². The Bertz CT molecular complexity index is 1310. The fraction of sp³-hybridized carbons (Fsp3) is 0.323. The number of nitrogens with one attached hydrogen (secondary N) is 2. The number of para-hydroxylation sites is 2. The van der Waals surface area contributed by atoms with Gasteiger partial charge in [0.25, 0.3) is 0 Å². The Morgan fingerprint density at radius 1 is 0.949 bits per heavy atom. The van der Waals surface area contributed by atoms with Crippen LogP contribution in [0.4, 0.5) is 4.79 Å². The van der Waals surface area contributed by atoms with Gasteiger partial charge in [0.1, 0.15) is 12.1 Å². The summed E-state index contributed by atoms with van der Waals surface area (Å²) in [5.41, 5.74) is 1.75. The number of aliphatic hydroxyl groups is 1. The van der Waals surface area contributed by atoms with Crippen molar-refractivity contribution in [2.24, 2.45) is 5.92 Å². The number of hydrogen-bond donors (Lipinski definition) is 3. The zero-order chi connectivity index (χ0) is 27.5. The SMILES string of the molecule is CC(CCNC(=O)OCc1ccccc1)CC(=O)NCC(O)(CCc1ccccc1)c1nc2ccccc2o1. The number of hydrogen-bond acceptors (Lipinski definition) is 6. The first-order chi connectivity index (χ1) is 18.9. The van der Waals surface area contributed by atoms with E-state index in [1.54, 1.807) is 6.07 Å². The predicted octanol–water partition coefficient (Wildman–Crippen LogP) is 5.11. The molecule has 39 heavy (non-hydrogen) atoms. The second kappa shape index (κ2) is 13.6. The Morgan fingerprint density at radius 2 is 1.62 bits per heavy atom. The Kier molecular flexibility index (Phi) is 9.69. The molecule has 0 aliphatic heterocycles. The van der Waals surface area contributed by atoms with E-state index < -0.39 is 11.7 Å². The van der Waals surface area contributed by atoms with E-state index >= 15 is 0 Å². The summed E-state index contributed by atoms with van der Waals surface area (Å²) >= 11 is 0. The van der Waals surface area contributed by atoms with E-state index in [9.17, 15) is 14.7 Å². The summed E-state index contributed by atoms with van der Waals surface area (Å²) in [6, 6.07) is 26.6. The second-order valence-electron chi connectivity index (χ2n) is 9.87. The van der Waals surface area contributed by atoms with Crippen molar-refractivity contribution in [2.45, 2.75) is 44.8 Å². The third-order valence-electron chi connectivity index (χ3n) is 6.59.